The summed E-state index contributed by atoms with van der Waals surface area (Å²) in [7, 11) is 3.65. The Morgan fingerprint density at radius 2 is 1.83 bits per heavy atom. The molecule has 186 valence electrons. The molecule has 3 heterocycles. The van der Waals surface area contributed by atoms with E-state index in [0.29, 0.717) is 47.6 Å². The van der Waals surface area contributed by atoms with Gasteiger partial charge < -0.3 is 20.1 Å². The molecule has 1 aliphatic rings. The van der Waals surface area contributed by atoms with Crippen molar-refractivity contribution in [2.24, 2.45) is 7.05 Å². The molecule has 0 unspecified atom stereocenters. The number of aliphatic hydroxyl groups is 1. The lowest BCUT2D eigenvalue weighted by Gasteiger charge is -2.33. The quantitative estimate of drug-likeness (QED) is 0.553. The molecule has 11 heteroatoms. The number of rotatable bonds is 6. The minimum absolute atomic E-state index is 0.0763. The first-order valence-electron chi connectivity index (χ1n) is 11.0. The van der Waals surface area contributed by atoms with Crippen LogP contribution in [0, 0.1) is 0 Å². The van der Waals surface area contributed by atoms with Gasteiger partial charge in [-0.1, -0.05) is 0 Å². The second kappa shape index (κ2) is 10.0. The van der Waals surface area contributed by atoms with Gasteiger partial charge in [0.1, 0.15) is 5.75 Å². The first-order valence-corrected chi connectivity index (χ1v) is 11.0. The number of amides is 1. The number of aryl methyl sites for hydroxylation is 1. The van der Waals surface area contributed by atoms with E-state index in [1.165, 1.54) is 12.1 Å². The lowest BCUT2D eigenvalue weighted by Crippen LogP contribution is -2.51. The van der Waals surface area contributed by atoms with Gasteiger partial charge >= 0.3 is 6.18 Å². The highest BCUT2D eigenvalue weighted by atomic mass is 19.4. The third kappa shape index (κ3) is 6.58. The first-order chi connectivity index (χ1) is 16.6. The van der Waals surface area contributed by atoms with Crippen molar-refractivity contribution in [3.05, 3.63) is 54.4 Å². The fourth-order valence-corrected chi connectivity index (χ4v) is 4.06. The number of carbonyl (C=O) groups is 1. The van der Waals surface area contributed by atoms with Crippen LogP contribution >= 0.6 is 0 Å². The number of β-amino-alcohol motifs (C(OH)–C–C–N with tert-alkyl or cyclic N) is 1. The first kappa shape index (κ1) is 24.7. The Kier molecular flexibility index (Phi) is 7.08. The highest BCUT2D eigenvalue weighted by molar-refractivity contribution is 5.96. The van der Waals surface area contributed by atoms with Crippen molar-refractivity contribution in [3.63, 3.8) is 0 Å². The average molecular weight is 489 g/mol. The summed E-state index contributed by atoms with van der Waals surface area (Å²) in [6.45, 7) is -0.203. The number of likely N-dealkylation sites (tertiary alicyclic amines) is 1. The number of ether oxygens (including phenoxy) is 1. The highest BCUT2D eigenvalue weighted by Crippen LogP contribution is 2.27. The molecule has 0 spiro atoms. The number of pyridine rings is 1. The van der Waals surface area contributed by atoms with Crippen molar-refractivity contribution >= 4 is 5.91 Å². The van der Waals surface area contributed by atoms with Crippen molar-refractivity contribution in [1.29, 1.82) is 0 Å². The molecule has 1 amide bonds. The van der Waals surface area contributed by atoms with Crippen LogP contribution in [0.3, 0.4) is 0 Å². The largest absolute Gasteiger partial charge is 0.484 e. The van der Waals surface area contributed by atoms with Crippen molar-refractivity contribution in [2.75, 3.05) is 26.7 Å². The fourth-order valence-electron chi connectivity index (χ4n) is 4.06. The summed E-state index contributed by atoms with van der Waals surface area (Å²) < 4.78 is 43.7. The number of carbonyl (C=O) groups excluding carboxylic acids is 1. The second-order valence-electron chi connectivity index (χ2n) is 8.74. The Bertz CT molecular complexity index is 1170. The van der Waals surface area contributed by atoms with Crippen molar-refractivity contribution in [1.82, 2.24) is 25.0 Å². The predicted molar refractivity (Wildman–Crippen MR) is 123 cm³/mol. The van der Waals surface area contributed by atoms with Crippen LogP contribution in [0.2, 0.25) is 0 Å². The van der Waals surface area contributed by atoms with Crippen LogP contribution in [-0.4, -0.2) is 75.7 Å². The van der Waals surface area contributed by atoms with Crippen LogP contribution in [0.1, 0.15) is 16.8 Å². The molecule has 2 atom stereocenters. The van der Waals surface area contributed by atoms with E-state index in [9.17, 15) is 23.1 Å². The molecular formula is C24H26F3N5O3. The lowest BCUT2D eigenvalue weighted by molar-refractivity contribution is -0.153. The van der Waals surface area contributed by atoms with Gasteiger partial charge in [0.25, 0.3) is 5.91 Å². The zero-order valence-electron chi connectivity index (χ0n) is 19.3. The van der Waals surface area contributed by atoms with E-state index in [1.807, 2.05) is 11.9 Å². The van der Waals surface area contributed by atoms with E-state index < -0.39 is 18.9 Å². The third-order valence-corrected chi connectivity index (χ3v) is 5.59. The summed E-state index contributed by atoms with van der Waals surface area (Å²) in [6.07, 6.45) is -1.08. The van der Waals surface area contributed by atoms with E-state index in [4.69, 9.17) is 4.74 Å². The number of aromatic nitrogens is 3. The second-order valence-corrected chi connectivity index (χ2v) is 8.74. The number of nitrogens with zero attached hydrogens (tertiary/aromatic N) is 4. The van der Waals surface area contributed by atoms with Crippen LogP contribution < -0.4 is 10.1 Å². The van der Waals surface area contributed by atoms with E-state index in [2.05, 4.69) is 15.4 Å². The summed E-state index contributed by atoms with van der Waals surface area (Å²) in [6, 6.07) is 9.13. The molecule has 4 rings (SSSR count). The molecule has 8 nitrogen and oxygen atoms in total. The molecule has 0 radical (unpaired) electrons. The minimum atomic E-state index is -4.43. The molecule has 0 aliphatic carbocycles. The zero-order valence-corrected chi connectivity index (χ0v) is 19.3. The molecule has 35 heavy (non-hydrogen) atoms. The van der Waals surface area contributed by atoms with E-state index >= 15 is 0 Å². The molecule has 0 saturated carbocycles. The topological polar surface area (TPSA) is 92.5 Å². The molecule has 0 bridgehead atoms. The standard InChI is InChI=1S/C24H26F3N5O3/c1-31-12-18(9-19(33)13-31)29-23(34)16-7-21(30-22(8-16)17-10-28-32(2)11-17)15-3-5-20(6-4-15)35-14-24(25,26)27/h3-8,10-11,18-19,33H,9,12-14H2,1-2H3,(H,29,34)/t18-,19+/m1/s1. The van der Waals surface area contributed by atoms with Gasteiger partial charge in [-0.2, -0.15) is 18.3 Å². The Hall–Kier alpha value is -3.44. The molecule has 2 N–H and O–H groups in total. The zero-order chi connectivity index (χ0) is 25.2. The lowest BCUT2D eigenvalue weighted by atomic mass is 10.0. The maximum Gasteiger partial charge on any atom is 0.422 e. The molecule has 2 aromatic heterocycles. The van der Waals surface area contributed by atoms with Gasteiger partial charge in [0, 0.05) is 49.1 Å². The molecule has 1 aliphatic heterocycles. The smallest absolute Gasteiger partial charge is 0.422 e. The molecule has 3 aromatic rings. The Labute approximate surface area is 200 Å². The summed E-state index contributed by atoms with van der Waals surface area (Å²) >= 11 is 0. The van der Waals surface area contributed by atoms with E-state index in [1.54, 1.807) is 48.4 Å². The van der Waals surface area contributed by atoms with Crippen LogP contribution in [0.5, 0.6) is 5.75 Å². The normalized spacial score (nSPS) is 18.9. The number of hydrogen-bond acceptors (Lipinski definition) is 6. The SMILES string of the molecule is CN1C[C@@H](O)C[C@@H](NC(=O)c2cc(-c3ccc(OCC(F)(F)F)cc3)nc(-c3cnn(C)c3)c2)C1. The molecule has 1 saturated heterocycles. The Balaban J connectivity index is 1.62. The number of likely N-dealkylation sites (N-methyl/N-ethyl adjacent to an activating group) is 1. The predicted octanol–water partition coefficient (Wildman–Crippen LogP) is 2.89. The minimum Gasteiger partial charge on any atom is -0.484 e. The number of nitrogens with one attached hydrogen (secondary N) is 1. The Morgan fingerprint density at radius 3 is 2.43 bits per heavy atom. The number of halogens is 3. The van der Waals surface area contributed by atoms with Gasteiger partial charge in [0.2, 0.25) is 0 Å². The van der Waals surface area contributed by atoms with Crippen molar-refractivity contribution in [3.8, 4) is 28.3 Å². The van der Waals surface area contributed by atoms with Gasteiger partial charge in [-0.05, 0) is 49.9 Å². The maximum absolute atomic E-state index is 13.1. The Morgan fingerprint density at radius 1 is 1.14 bits per heavy atom. The van der Waals surface area contributed by atoms with Gasteiger partial charge in [-0.15, -0.1) is 0 Å². The van der Waals surface area contributed by atoms with Crippen LogP contribution in [0.15, 0.2) is 48.8 Å². The monoisotopic (exact) mass is 489 g/mol. The molecule has 1 fully saturated rings. The summed E-state index contributed by atoms with van der Waals surface area (Å²) in [4.78, 5) is 19.8. The van der Waals surface area contributed by atoms with Gasteiger partial charge in [-0.25, -0.2) is 4.98 Å². The number of piperidine rings is 1. The van der Waals surface area contributed by atoms with Crippen LogP contribution in [0.4, 0.5) is 13.2 Å². The number of hydrogen-bond donors (Lipinski definition) is 2. The summed E-state index contributed by atoms with van der Waals surface area (Å²) in [5.74, 6) is -0.233. The van der Waals surface area contributed by atoms with Gasteiger partial charge in [0.05, 0.1) is 23.7 Å². The molecule has 1 aromatic carbocycles. The molecular weight excluding hydrogens is 463 g/mol. The van der Waals surface area contributed by atoms with Gasteiger partial charge in [0.15, 0.2) is 6.61 Å². The number of alkyl halides is 3. The van der Waals surface area contributed by atoms with E-state index in [0.717, 1.165) is 0 Å². The van der Waals surface area contributed by atoms with Crippen LogP contribution in [0.25, 0.3) is 22.5 Å². The third-order valence-electron chi connectivity index (χ3n) is 5.59. The number of benzene rings is 1. The van der Waals surface area contributed by atoms with Gasteiger partial charge in [-0.3, -0.25) is 9.48 Å². The van der Waals surface area contributed by atoms with Crippen molar-refractivity contribution in [2.45, 2.75) is 24.7 Å². The van der Waals surface area contributed by atoms with E-state index in [-0.39, 0.29) is 17.7 Å². The van der Waals surface area contributed by atoms with Crippen LogP contribution in [-0.2, 0) is 7.05 Å². The summed E-state index contributed by atoms with van der Waals surface area (Å²) in [5.41, 5.74) is 2.69. The highest BCUT2D eigenvalue weighted by Gasteiger charge is 2.28. The number of aliphatic hydroxyl groups excluding tert-OH is 1. The van der Waals surface area contributed by atoms with Crippen molar-refractivity contribution < 1.29 is 27.8 Å². The summed E-state index contributed by atoms with van der Waals surface area (Å²) in [5, 5.41) is 17.2. The maximum atomic E-state index is 13.1. The fraction of sp³-hybridized carbons (Fsp3) is 0.375. The average Bonchev–Trinajstić information content (AvgIpc) is 3.23.